The molecule has 1 amide bonds. The SMILES string of the molecule is COc1ccc(C(O)CN(C)C(=O)CCC(=O)c2ccccc2F)cc1. The van der Waals surface area contributed by atoms with Crippen molar-refractivity contribution < 1.29 is 23.8 Å². The van der Waals surface area contributed by atoms with Gasteiger partial charge in [-0.15, -0.1) is 0 Å². The highest BCUT2D eigenvalue weighted by atomic mass is 19.1. The zero-order chi connectivity index (χ0) is 19.1. The minimum Gasteiger partial charge on any atom is -0.497 e. The van der Waals surface area contributed by atoms with Crippen molar-refractivity contribution >= 4 is 11.7 Å². The molecule has 0 aliphatic rings. The summed E-state index contributed by atoms with van der Waals surface area (Å²) in [7, 11) is 3.11. The number of benzene rings is 2. The number of rotatable bonds is 8. The number of hydrogen-bond donors (Lipinski definition) is 1. The highest BCUT2D eigenvalue weighted by molar-refractivity contribution is 5.98. The molecule has 1 unspecified atom stereocenters. The quantitative estimate of drug-likeness (QED) is 0.736. The van der Waals surface area contributed by atoms with E-state index in [-0.39, 0.29) is 30.9 Å². The molecule has 0 aromatic heterocycles. The van der Waals surface area contributed by atoms with Gasteiger partial charge in [0, 0.05) is 19.9 Å². The van der Waals surface area contributed by atoms with Crippen LogP contribution in [0.15, 0.2) is 48.5 Å². The van der Waals surface area contributed by atoms with E-state index in [9.17, 15) is 19.1 Å². The van der Waals surface area contributed by atoms with Gasteiger partial charge in [-0.1, -0.05) is 24.3 Å². The Morgan fingerprint density at radius 2 is 1.77 bits per heavy atom. The zero-order valence-electron chi connectivity index (χ0n) is 14.8. The van der Waals surface area contributed by atoms with E-state index >= 15 is 0 Å². The van der Waals surface area contributed by atoms with Crippen LogP contribution < -0.4 is 4.74 Å². The lowest BCUT2D eigenvalue weighted by Gasteiger charge is -2.21. The van der Waals surface area contributed by atoms with E-state index in [1.807, 2.05) is 0 Å². The highest BCUT2D eigenvalue weighted by Gasteiger charge is 2.18. The molecule has 5 nitrogen and oxygen atoms in total. The summed E-state index contributed by atoms with van der Waals surface area (Å²) in [6, 6.07) is 12.6. The van der Waals surface area contributed by atoms with Crippen LogP contribution in [-0.2, 0) is 4.79 Å². The summed E-state index contributed by atoms with van der Waals surface area (Å²) in [6.07, 6.45) is -0.973. The van der Waals surface area contributed by atoms with E-state index in [0.29, 0.717) is 11.3 Å². The van der Waals surface area contributed by atoms with Crippen LogP contribution in [0.5, 0.6) is 5.75 Å². The Kier molecular flexibility index (Phi) is 6.86. The predicted molar refractivity (Wildman–Crippen MR) is 95.6 cm³/mol. The third-order valence-corrected chi connectivity index (χ3v) is 4.11. The molecule has 138 valence electrons. The number of hydrogen-bond acceptors (Lipinski definition) is 4. The maximum atomic E-state index is 13.6. The first-order chi connectivity index (χ1) is 12.4. The fraction of sp³-hybridized carbons (Fsp3) is 0.300. The highest BCUT2D eigenvalue weighted by Crippen LogP contribution is 2.19. The maximum Gasteiger partial charge on any atom is 0.222 e. The molecule has 1 N–H and O–H groups in total. The number of aliphatic hydroxyl groups is 1. The molecule has 0 fully saturated rings. The molecule has 0 bridgehead atoms. The molecule has 2 rings (SSSR count). The number of carbonyl (C=O) groups is 2. The molecule has 0 aliphatic carbocycles. The van der Waals surface area contributed by atoms with Crippen LogP contribution in [0.25, 0.3) is 0 Å². The summed E-state index contributed by atoms with van der Waals surface area (Å²) in [6.45, 7) is 0.0963. The molecule has 2 aromatic carbocycles. The lowest BCUT2D eigenvalue weighted by molar-refractivity contribution is -0.131. The number of ether oxygens (including phenoxy) is 1. The molecule has 0 spiro atoms. The van der Waals surface area contributed by atoms with E-state index in [1.54, 1.807) is 44.5 Å². The molecule has 26 heavy (non-hydrogen) atoms. The van der Waals surface area contributed by atoms with Crippen molar-refractivity contribution in [2.45, 2.75) is 18.9 Å². The smallest absolute Gasteiger partial charge is 0.222 e. The number of likely N-dealkylation sites (N-methyl/N-ethyl adjacent to an activating group) is 1. The van der Waals surface area contributed by atoms with E-state index < -0.39 is 17.7 Å². The van der Waals surface area contributed by atoms with Crippen LogP contribution in [0.3, 0.4) is 0 Å². The summed E-state index contributed by atoms with van der Waals surface area (Å²) in [5.41, 5.74) is 0.647. The van der Waals surface area contributed by atoms with Gasteiger partial charge in [-0.2, -0.15) is 0 Å². The molecule has 1 atom stereocenters. The summed E-state index contributed by atoms with van der Waals surface area (Å²) >= 11 is 0. The van der Waals surface area contributed by atoms with Gasteiger partial charge >= 0.3 is 0 Å². The molecule has 2 aromatic rings. The number of amides is 1. The van der Waals surface area contributed by atoms with E-state index in [4.69, 9.17) is 4.74 Å². The summed E-state index contributed by atoms with van der Waals surface area (Å²) in [4.78, 5) is 25.6. The van der Waals surface area contributed by atoms with Crippen molar-refractivity contribution in [2.24, 2.45) is 0 Å². The molecule has 0 saturated heterocycles. The van der Waals surface area contributed by atoms with Gasteiger partial charge < -0.3 is 14.7 Å². The minimum absolute atomic E-state index is 0.0128. The van der Waals surface area contributed by atoms with Crippen LogP contribution in [0.4, 0.5) is 4.39 Å². The number of ketones is 1. The lowest BCUT2D eigenvalue weighted by atomic mass is 10.1. The third-order valence-electron chi connectivity index (χ3n) is 4.11. The Bertz CT molecular complexity index is 761. The van der Waals surface area contributed by atoms with Gasteiger partial charge in [0.05, 0.1) is 25.3 Å². The molecule has 0 radical (unpaired) electrons. The van der Waals surface area contributed by atoms with Gasteiger partial charge in [0.1, 0.15) is 11.6 Å². The van der Waals surface area contributed by atoms with Crippen LogP contribution in [0.1, 0.15) is 34.9 Å². The topological polar surface area (TPSA) is 66.8 Å². The van der Waals surface area contributed by atoms with Crippen LogP contribution in [0, 0.1) is 5.82 Å². The summed E-state index contributed by atoms with van der Waals surface area (Å²) in [5.74, 6) is -0.618. The second-order valence-electron chi connectivity index (χ2n) is 5.97. The van der Waals surface area contributed by atoms with Crippen LogP contribution >= 0.6 is 0 Å². The number of methoxy groups -OCH3 is 1. The van der Waals surface area contributed by atoms with Gasteiger partial charge in [0.2, 0.25) is 5.91 Å². The molecule has 0 heterocycles. The average molecular weight is 359 g/mol. The number of nitrogens with zero attached hydrogens (tertiary/aromatic N) is 1. The van der Waals surface area contributed by atoms with Crippen molar-refractivity contribution in [3.8, 4) is 5.75 Å². The number of halogens is 1. The molecule has 0 aliphatic heterocycles. The van der Waals surface area contributed by atoms with Crippen molar-refractivity contribution in [2.75, 3.05) is 20.7 Å². The second kappa shape index (κ2) is 9.10. The predicted octanol–water partition coefficient (Wildman–Crippen LogP) is 2.99. The zero-order valence-corrected chi connectivity index (χ0v) is 14.8. The Morgan fingerprint density at radius 3 is 2.38 bits per heavy atom. The Balaban J connectivity index is 1.86. The lowest BCUT2D eigenvalue weighted by Crippen LogP contribution is -2.31. The number of Topliss-reactive ketones (excluding diaryl/α,β-unsaturated/α-hetero) is 1. The van der Waals surface area contributed by atoms with Crippen molar-refractivity contribution in [1.29, 1.82) is 0 Å². The first kappa shape index (κ1) is 19.6. The third kappa shape index (κ3) is 5.13. The van der Waals surface area contributed by atoms with Gasteiger partial charge in [-0.25, -0.2) is 4.39 Å². The molecular weight excluding hydrogens is 337 g/mol. The fourth-order valence-electron chi connectivity index (χ4n) is 2.53. The first-order valence-corrected chi connectivity index (χ1v) is 8.26. The Morgan fingerprint density at radius 1 is 1.12 bits per heavy atom. The van der Waals surface area contributed by atoms with E-state index in [0.717, 1.165) is 0 Å². The average Bonchev–Trinajstić information content (AvgIpc) is 2.66. The second-order valence-corrected chi connectivity index (χ2v) is 5.97. The van der Waals surface area contributed by atoms with Crippen molar-refractivity contribution in [3.05, 3.63) is 65.5 Å². The van der Waals surface area contributed by atoms with Crippen LogP contribution in [0.2, 0.25) is 0 Å². The van der Waals surface area contributed by atoms with E-state index in [2.05, 4.69) is 0 Å². The van der Waals surface area contributed by atoms with Gasteiger partial charge in [-0.05, 0) is 29.8 Å². The summed E-state index contributed by atoms with van der Waals surface area (Å²) in [5, 5.41) is 10.2. The number of carbonyl (C=O) groups excluding carboxylic acids is 2. The van der Waals surface area contributed by atoms with Gasteiger partial charge in [0.15, 0.2) is 5.78 Å². The monoisotopic (exact) mass is 359 g/mol. The van der Waals surface area contributed by atoms with E-state index in [1.165, 1.54) is 23.1 Å². The standard InChI is InChI=1S/C20H22FNO4/c1-22(13-19(24)14-7-9-15(26-2)10-8-14)20(25)12-11-18(23)16-5-3-4-6-17(16)21/h3-10,19,24H,11-13H2,1-2H3. The fourth-order valence-corrected chi connectivity index (χ4v) is 2.53. The normalized spacial score (nSPS) is 11.7. The minimum atomic E-state index is -0.850. The number of aliphatic hydroxyl groups excluding tert-OH is 1. The van der Waals surface area contributed by atoms with Gasteiger partial charge in [-0.3, -0.25) is 9.59 Å². The van der Waals surface area contributed by atoms with Crippen molar-refractivity contribution in [3.63, 3.8) is 0 Å². The van der Waals surface area contributed by atoms with Crippen molar-refractivity contribution in [1.82, 2.24) is 4.90 Å². The largest absolute Gasteiger partial charge is 0.497 e. The maximum absolute atomic E-state index is 13.6. The molecule has 0 saturated carbocycles. The van der Waals surface area contributed by atoms with Gasteiger partial charge in [0.25, 0.3) is 0 Å². The Hall–Kier alpha value is -2.73. The molecular formula is C20H22FNO4. The molecule has 6 heteroatoms. The van der Waals surface area contributed by atoms with Crippen LogP contribution in [-0.4, -0.2) is 42.4 Å². The summed E-state index contributed by atoms with van der Waals surface area (Å²) < 4.78 is 18.6. The first-order valence-electron chi connectivity index (χ1n) is 8.26. The Labute approximate surface area is 152 Å².